The van der Waals surface area contributed by atoms with Crippen molar-refractivity contribution in [2.24, 2.45) is 11.1 Å². The largest absolute Gasteiger partial charge is 0.389 e. The highest BCUT2D eigenvalue weighted by atomic mass is 79.9. The molecule has 4 heteroatoms. The van der Waals surface area contributed by atoms with Gasteiger partial charge in [-0.3, -0.25) is 0 Å². The van der Waals surface area contributed by atoms with Crippen LogP contribution in [0.4, 0.5) is 5.69 Å². The number of hydrogen-bond acceptors (Lipinski definition) is 2. The molecule has 1 aliphatic heterocycles. The van der Waals surface area contributed by atoms with E-state index in [1.54, 1.807) is 0 Å². The van der Waals surface area contributed by atoms with E-state index in [2.05, 4.69) is 46.8 Å². The van der Waals surface area contributed by atoms with E-state index in [4.69, 9.17) is 18.0 Å². The lowest BCUT2D eigenvalue weighted by atomic mass is 9.84. The van der Waals surface area contributed by atoms with Crippen molar-refractivity contribution in [2.75, 3.05) is 18.0 Å². The quantitative estimate of drug-likeness (QED) is 0.840. The highest BCUT2D eigenvalue weighted by Gasteiger charge is 2.27. The van der Waals surface area contributed by atoms with Gasteiger partial charge in [-0.1, -0.05) is 42.0 Å². The van der Waals surface area contributed by atoms with Crippen molar-refractivity contribution in [1.82, 2.24) is 0 Å². The van der Waals surface area contributed by atoms with E-state index in [0.717, 1.165) is 23.1 Å². The average Bonchev–Trinajstić information content (AvgIpc) is 2.27. The Bertz CT molecular complexity index is 471. The maximum absolute atomic E-state index is 5.84. The number of anilines is 1. The van der Waals surface area contributed by atoms with Gasteiger partial charge in [0.25, 0.3) is 0 Å². The maximum Gasteiger partial charge on any atom is 0.106 e. The van der Waals surface area contributed by atoms with Crippen LogP contribution in [0.5, 0.6) is 0 Å². The molecule has 1 aromatic carbocycles. The Balaban J connectivity index is 2.35. The van der Waals surface area contributed by atoms with Gasteiger partial charge >= 0.3 is 0 Å². The molecule has 1 saturated heterocycles. The molecule has 18 heavy (non-hydrogen) atoms. The van der Waals surface area contributed by atoms with Gasteiger partial charge in [0, 0.05) is 28.8 Å². The molecule has 0 radical (unpaired) electrons. The highest BCUT2D eigenvalue weighted by Crippen LogP contribution is 2.33. The zero-order chi connectivity index (χ0) is 13.3. The minimum Gasteiger partial charge on any atom is -0.389 e. The second-order valence-corrected chi connectivity index (χ2v) is 7.07. The van der Waals surface area contributed by atoms with Crippen molar-refractivity contribution < 1.29 is 0 Å². The van der Waals surface area contributed by atoms with Crippen LogP contribution in [0.15, 0.2) is 22.7 Å². The average molecular weight is 327 g/mol. The lowest BCUT2D eigenvalue weighted by Gasteiger charge is -2.40. The third kappa shape index (κ3) is 3.04. The number of rotatable bonds is 2. The summed E-state index contributed by atoms with van der Waals surface area (Å²) in [5, 5.41) is 0. The fourth-order valence-electron chi connectivity index (χ4n) is 2.61. The molecule has 0 unspecified atom stereocenters. The number of halogens is 1. The van der Waals surface area contributed by atoms with Crippen LogP contribution in [-0.2, 0) is 0 Å². The molecule has 1 aromatic rings. The van der Waals surface area contributed by atoms with Crippen LogP contribution in [-0.4, -0.2) is 18.1 Å². The summed E-state index contributed by atoms with van der Waals surface area (Å²) in [6, 6.07) is 6.18. The Morgan fingerprint density at radius 3 is 2.78 bits per heavy atom. The molecular formula is C14H19BrN2S. The standard InChI is InChI=1S/C14H19BrN2S/c1-14(2)6-3-7-17(9-14)12-5-4-10(15)8-11(12)13(16)18/h4-5,8H,3,6-7,9H2,1-2H3,(H2,16,18). The Morgan fingerprint density at radius 2 is 2.17 bits per heavy atom. The normalized spacial score (nSPS) is 18.7. The molecule has 0 spiro atoms. The summed E-state index contributed by atoms with van der Waals surface area (Å²) in [7, 11) is 0. The minimum atomic E-state index is 0.360. The SMILES string of the molecule is CC1(C)CCCN(c2ccc(Br)cc2C(N)=S)C1. The molecular weight excluding hydrogens is 308 g/mol. The Kier molecular flexibility index (Phi) is 3.97. The van der Waals surface area contributed by atoms with Crippen LogP contribution in [0, 0.1) is 5.41 Å². The monoisotopic (exact) mass is 326 g/mol. The third-order valence-corrected chi connectivity index (χ3v) is 4.18. The first-order valence-corrected chi connectivity index (χ1v) is 7.43. The van der Waals surface area contributed by atoms with Crippen LogP contribution in [0.2, 0.25) is 0 Å². The smallest absolute Gasteiger partial charge is 0.106 e. The predicted octanol–water partition coefficient (Wildman–Crippen LogP) is 3.71. The molecule has 98 valence electrons. The minimum absolute atomic E-state index is 0.360. The molecule has 0 bridgehead atoms. The second kappa shape index (κ2) is 5.17. The molecule has 0 saturated carbocycles. The first-order valence-electron chi connectivity index (χ1n) is 6.23. The molecule has 1 fully saturated rings. The number of thiocarbonyl (C=S) groups is 1. The second-order valence-electron chi connectivity index (χ2n) is 5.72. The van der Waals surface area contributed by atoms with Gasteiger partial charge in [-0.2, -0.15) is 0 Å². The van der Waals surface area contributed by atoms with Crippen molar-refractivity contribution in [2.45, 2.75) is 26.7 Å². The van der Waals surface area contributed by atoms with Crippen LogP contribution in [0.3, 0.4) is 0 Å². The first-order chi connectivity index (χ1) is 8.39. The van der Waals surface area contributed by atoms with Crippen molar-refractivity contribution in [3.05, 3.63) is 28.2 Å². The molecule has 1 heterocycles. The van der Waals surface area contributed by atoms with Crippen LogP contribution in [0.1, 0.15) is 32.3 Å². The van der Waals surface area contributed by atoms with Crippen LogP contribution < -0.4 is 10.6 Å². The fourth-order valence-corrected chi connectivity index (χ4v) is 3.13. The van der Waals surface area contributed by atoms with Crippen LogP contribution >= 0.6 is 28.1 Å². The van der Waals surface area contributed by atoms with Crippen molar-refractivity contribution in [3.63, 3.8) is 0 Å². The summed E-state index contributed by atoms with van der Waals surface area (Å²) in [6.07, 6.45) is 2.50. The van der Waals surface area contributed by atoms with Crippen LogP contribution in [0.25, 0.3) is 0 Å². The molecule has 0 atom stereocenters. The Labute approximate surface area is 123 Å². The topological polar surface area (TPSA) is 29.3 Å². The zero-order valence-corrected chi connectivity index (χ0v) is 13.3. The summed E-state index contributed by atoms with van der Waals surface area (Å²) in [6.45, 7) is 6.78. The summed E-state index contributed by atoms with van der Waals surface area (Å²) >= 11 is 8.64. The number of piperidine rings is 1. The molecule has 0 aliphatic carbocycles. The number of hydrogen-bond donors (Lipinski definition) is 1. The van der Waals surface area contributed by atoms with E-state index < -0.39 is 0 Å². The van der Waals surface area contributed by atoms with Gasteiger partial charge < -0.3 is 10.6 Å². The summed E-state index contributed by atoms with van der Waals surface area (Å²) in [5.41, 5.74) is 8.34. The van der Waals surface area contributed by atoms with Crippen molar-refractivity contribution in [3.8, 4) is 0 Å². The van der Waals surface area contributed by atoms with Gasteiger partial charge in [-0.25, -0.2) is 0 Å². The Morgan fingerprint density at radius 1 is 1.44 bits per heavy atom. The number of benzene rings is 1. The third-order valence-electron chi connectivity index (χ3n) is 3.47. The van der Waals surface area contributed by atoms with Crippen molar-refractivity contribution in [1.29, 1.82) is 0 Å². The maximum atomic E-state index is 5.84. The molecule has 0 aromatic heterocycles. The summed E-state index contributed by atoms with van der Waals surface area (Å²) < 4.78 is 1.02. The number of nitrogens with zero attached hydrogens (tertiary/aromatic N) is 1. The fraction of sp³-hybridized carbons (Fsp3) is 0.500. The van der Waals surface area contributed by atoms with E-state index in [1.165, 1.54) is 18.5 Å². The van der Waals surface area contributed by atoms with Gasteiger partial charge in [0.1, 0.15) is 4.99 Å². The van der Waals surface area contributed by atoms with Gasteiger partial charge in [0.05, 0.1) is 0 Å². The van der Waals surface area contributed by atoms with E-state index >= 15 is 0 Å². The zero-order valence-electron chi connectivity index (χ0n) is 10.9. The van der Waals surface area contributed by atoms with E-state index in [-0.39, 0.29) is 0 Å². The molecule has 0 amide bonds. The first kappa shape index (κ1) is 13.8. The van der Waals surface area contributed by atoms with Gasteiger partial charge in [-0.15, -0.1) is 0 Å². The summed E-state index contributed by atoms with van der Waals surface area (Å²) in [4.78, 5) is 2.87. The highest BCUT2D eigenvalue weighted by molar-refractivity contribution is 9.10. The van der Waals surface area contributed by atoms with Gasteiger partial charge in [-0.05, 0) is 36.5 Å². The lowest BCUT2D eigenvalue weighted by molar-refractivity contribution is 0.293. The van der Waals surface area contributed by atoms with E-state index in [0.29, 0.717) is 10.4 Å². The number of nitrogens with two attached hydrogens (primary N) is 1. The van der Waals surface area contributed by atoms with Gasteiger partial charge in [0.2, 0.25) is 0 Å². The van der Waals surface area contributed by atoms with E-state index in [1.807, 2.05) is 6.07 Å². The van der Waals surface area contributed by atoms with E-state index in [9.17, 15) is 0 Å². The van der Waals surface area contributed by atoms with Crippen molar-refractivity contribution >= 4 is 38.8 Å². The molecule has 1 aliphatic rings. The predicted molar refractivity (Wildman–Crippen MR) is 85.3 cm³/mol. The molecule has 2 rings (SSSR count). The lowest BCUT2D eigenvalue weighted by Crippen LogP contribution is -2.40. The molecule has 2 N–H and O–H groups in total. The Hall–Kier alpha value is -0.610. The summed E-state index contributed by atoms with van der Waals surface area (Å²) in [5.74, 6) is 0. The molecule has 2 nitrogen and oxygen atoms in total. The van der Waals surface area contributed by atoms with Gasteiger partial charge in [0.15, 0.2) is 0 Å².